The van der Waals surface area contributed by atoms with Crippen molar-refractivity contribution in [2.45, 2.75) is 6.92 Å². The SMILES string of the molecule is Cc1ccc(-c2cc(C(=O)Nc3ccccc3)no2)cc1. The average molecular weight is 278 g/mol. The van der Waals surface area contributed by atoms with Gasteiger partial charge in [0.25, 0.3) is 5.91 Å². The molecule has 1 amide bonds. The molecule has 104 valence electrons. The summed E-state index contributed by atoms with van der Waals surface area (Å²) in [4.78, 5) is 12.1. The van der Waals surface area contributed by atoms with Crippen LogP contribution < -0.4 is 5.32 Å². The summed E-state index contributed by atoms with van der Waals surface area (Å²) in [7, 11) is 0. The smallest absolute Gasteiger partial charge is 0.277 e. The highest BCUT2D eigenvalue weighted by Gasteiger charge is 2.13. The summed E-state index contributed by atoms with van der Waals surface area (Å²) in [6.45, 7) is 2.02. The van der Waals surface area contributed by atoms with Crippen LogP contribution in [0.25, 0.3) is 11.3 Å². The summed E-state index contributed by atoms with van der Waals surface area (Å²) in [5.41, 5.74) is 3.05. The highest BCUT2D eigenvalue weighted by Crippen LogP contribution is 2.21. The third kappa shape index (κ3) is 3.00. The molecule has 0 fully saturated rings. The van der Waals surface area contributed by atoms with Gasteiger partial charge in [-0.3, -0.25) is 4.79 Å². The van der Waals surface area contributed by atoms with Crippen LogP contribution in [-0.2, 0) is 0 Å². The van der Waals surface area contributed by atoms with Crippen LogP contribution in [0.5, 0.6) is 0 Å². The molecule has 0 unspecified atom stereocenters. The molecule has 0 bridgehead atoms. The van der Waals surface area contributed by atoms with Crippen LogP contribution in [0.1, 0.15) is 16.1 Å². The lowest BCUT2D eigenvalue weighted by molar-refractivity contribution is 0.101. The number of nitrogens with one attached hydrogen (secondary N) is 1. The molecule has 4 nitrogen and oxygen atoms in total. The van der Waals surface area contributed by atoms with Crippen molar-refractivity contribution in [2.24, 2.45) is 0 Å². The first-order valence-corrected chi connectivity index (χ1v) is 6.62. The van der Waals surface area contributed by atoms with E-state index in [1.807, 2.05) is 61.5 Å². The number of amides is 1. The summed E-state index contributed by atoms with van der Waals surface area (Å²) < 4.78 is 5.24. The highest BCUT2D eigenvalue weighted by molar-refractivity contribution is 6.03. The van der Waals surface area contributed by atoms with Gasteiger partial charge in [0.15, 0.2) is 11.5 Å². The van der Waals surface area contributed by atoms with E-state index in [9.17, 15) is 4.79 Å². The Morgan fingerprint density at radius 2 is 1.76 bits per heavy atom. The zero-order valence-electron chi connectivity index (χ0n) is 11.5. The second kappa shape index (κ2) is 5.63. The zero-order chi connectivity index (χ0) is 14.7. The molecular formula is C17H14N2O2. The Kier molecular flexibility index (Phi) is 3.51. The van der Waals surface area contributed by atoms with E-state index in [2.05, 4.69) is 10.5 Å². The number of nitrogens with zero attached hydrogens (tertiary/aromatic N) is 1. The fraction of sp³-hybridized carbons (Fsp3) is 0.0588. The summed E-state index contributed by atoms with van der Waals surface area (Å²) in [6.07, 6.45) is 0. The summed E-state index contributed by atoms with van der Waals surface area (Å²) in [6, 6.07) is 18.7. The molecule has 0 spiro atoms. The van der Waals surface area contributed by atoms with E-state index < -0.39 is 0 Å². The van der Waals surface area contributed by atoms with E-state index in [1.54, 1.807) is 6.07 Å². The lowest BCUT2D eigenvalue weighted by atomic mass is 10.1. The molecule has 1 N–H and O–H groups in total. The number of para-hydroxylation sites is 1. The second-order valence-electron chi connectivity index (χ2n) is 4.76. The minimum atomic E-state index is -0.289. The molecule has 0 aliphatic carbocycles. The first-order chi connectivity index (χ1) is 10.2. The topological polar surface area (TPSA) is 55.1 Å². The first-order valence-electron chi connectivity index (χ1n) is 6.62. The number of hydrogen-bond acceptors (Lipinski definition) is 3. The Labute approximate surface area is 122 Å². The van der Waals surface area contributed by atoms with Crippen molar-refractivity contribution in [3.05, 3.63) is 71.9 Å². The van der Waals surface area contributed by atoms with Crippen LogP contribution in [0.3, 0.4) is 0 Å². The van der Waals surface area contributed by atoms with Crippen molar-refractivity contribution < 1.29 is 9.32 Å². The minimum Gasteiger partial charge on any atom is -0.355 e. The largest absolute Gasteiger partial charge is 0.355 e. The van der Waals surface area contributed by atoms with Gasteiger partial charge in [-0.1, -0.05) is 53.2 Å². The molecule has 3 aromatic rings. The van der Waals surface area contributed by atoms with Crippen molar-refractivity contribution in [1.82, 2.24) is 5.16 Å². The van der Waals surface area contributed by atoms with Crippen molar-refractivity contribution in [3.8, 4) is 11.3 Å². The molecule has 21 heavy (non-hydrogen) atoms. The van der Waals surface area contributed by atoms with E-state index >= 15 is 0 Å². The summed E-state index contributed by atoms with van der Waals surface area (Å²) in [5, 5.41) is 6.59. The number of rotatable bonds is 3. The minimum absolute atomic E-state index is 0.259. The van der Waals surface area contributed by atoms with Gasteiger partial charge < -0.3 is 9.84 Å². The van der Waals surface area contributed by atoms with Crippen molar-refractivity contribution in [3.63, 3.8) is 0 Å². The molecule has 1 heterocycles. The van der Waals surface area contributed by atoms with Crippen LogP contribution in [0.4, 0.5) is 5.69 Å². The Bertz CT molecular complexity index is 746. The van der Waals surface area contributed by atoms with E-state index in [-0.39, 0.29) is 11.6 Å². The van der Waals surface area contributed by atoms with Crippen LogP contribution in [0.15, 0.2) is 65.2 Å². The maximum atomic E-state index is 12.1. The zero-order valence-corrected chi connectivity index (χ0v) is 11.5. The quantitative estimate of drug-likeness (QED) is 0.790. The number of aryl methyl sites for hydroxylation is 1. The van der Waals surface area contributed by atoms with Crippen molar-refractivity contribution in [2.75, 3.05) is 5.32 Å². The van der Waals surface area contributed by atoms with Crippen molar-refractivity contribution in [1.29, 1.82) is 0 Å². The molecule has 0 aliphatic rings. The van der Waals surface area contributed by atoms with Gasteiger partial charge >= 0.3 is 0 Å². The standard InChI is InChI=1S/C17H14N2O2/c1-12-7-9-13(10-8-12)16-11-15(19-21-16)17(20)18-14-5-3-2-4-6-14/h2-11H,1H3,(H,18,20). The summed E-state index contributed by atoms with van der Waals surface area (Å²) >= 11 is 0. The monoisotopic (exact) mass is 278 g/mol. The number of aromatic nitrogens is 1. The van der Waals surface area contributed by atoms with Crippen LogP contribution in [-0.4, -0.2) is 11.1 Å². The Morgan fingerprint density at radius 3 is 2.48 bits per heavy atom. The van der Waals surface area contributed by atoms with E-state index in [1.165, 1.54) is 5.56 Å². The van der Waals surface area contributed by atoms with Gasteiger partial charge in [0.2, 0.25) is 0 Å². The highest BCUT2D eigenvalue weighted by atomic mass is 16.5. The molecule has 2 aromatic carbocycles. The molecule has 0 aliphatic heterocycles. The number of carbonyl (C=O) groups is 1. The normalized spacial score (nSPS) is 10.3. The third-order valence-corrected chi connectivity index (χ3v) is 3.11. The van der Waals surface area contributed by atoms with Crippen LogP contribution >= 0.6 is 0 Å². The Morgan fingerprint density at radius 1 is 1.05 bits per heavy atom. The molecule has 0 atom stereocenters. The van der Waals surface area contributed by atoms with Gasteiger partial charge in [0, 0.05) is 17.3 Å². The van der Waals surface area contributed by atoms with E-state index in [4.69, 9.17) is 4.52 Å². The van der Waals surface area contributed by atoms with E-state index in [0.717, 1.165) is 11.3 Å². The van der Waals surface area contributed by atoms with Gasteiger partial charge in [-0.05, 0) is 19.1 Å². The van der Waals surface area contributed by atoms with Gasteiger partial charge in [0.05, 0.1) is 0 Å². The number of anilines is 1. The second-order valence-corrected chi connectivity index (χ2v) is 4.76. The molecule has 4 heteroatoms. The first kappa shape index (κ1) is 13.1. The lowest BCUT2D eigenvalue weighted by Gasteiger charge is -2.00. The molecule has 0 radical (unpaired) electrons. The van der Waals surface area contributed by atoms with Crippen molar-refractivity contribution >= 4 is 11.6 Å². The van der Waals surface area contributed by atoms with E-state index in [0.29, 0.717) is 5.76 Å². The fourth-order valence-electron chi connectivity index (χ4n) is 1.95. The maximum Gasteiger partial charge on any atom is 0.277 e. The fourth-order valence-corrected chi connectivity index (χ4v) is 1.95. The lowest BCUT2D eigenvalue weighted by Crippen LogP contribution is -2.11. The third-order valence-electron chi connectivity index (χ3n) is 3.11. The molecular weight excluding hydrogens is 264 g/mol. The van der Waals surface area contributed by atoms with Crippen LogP contribution in [0, 0.1) is 6.92 Å². The van der Waals surface area contributed by atoms with Gasteiger partial charge in [-0.15, -0.1) is 0 Å². The molecule has 3 rings (SSSR count). The van der Waals surface area contributed by atoms with Gasteiger partial charge in [-0.25, -0.2) is 0 Å². The molecule has 0 saturated carbocycles. The average Bonchev–Trinajstić information content (AvgIpc) is 2.99. The predicted molar refractivity (Wildman–Crippen MR) is 81.1 cm³/mol. The number of benzene rings is 2. The summed E-state index contributed by atoms with van der Waals surface area (Å²) in [5.74, 6) is 0.288. The van der Waals surface area contributed by atoms with Gasteiger partial charge in [-0.2, -0.15) is 0 Å². The van der Waals surface area contributed by atoms with Gasteiger partial charge in [0.1, 0.15) is 0 Å². The Hall–Kier alpha value is -2.88. The predicted octanol–water partition coefficient (Wildman–Crippen LogP) is 3.90. The van der Waals surface area contributed by atoms with Crippen LogP contribution in [0.2, 0.25) is 0 Å². The Balaban J connectivity index is 1.78. The molecule has 1 aromatic heterocycles. The number of hydrogen-bond donors (Lipinski definition) is 1. The molecule has 0 saturated heterocycles. The maximum absolute atomic E-state index is 12.1. The number of carbonyl (C=O) groups excluding carboxylic acids is 1.